The molecule has 0 saturated carbocycles. The SMILES string of the molecule is CCc1ccc2occ(C(=O)N(C)CCCC(=O)O)c2c1. The van der Waals surface area contributed by atoms with E-state index >= 15 is 0 Å². The number of hydrogen-bond acceptors (Lipinski definition) is 3. The smallest absolute Gasteiger partial charge is 0.303 e. The van der Waals surface area contributed by atoms with E-state index in [4.69, 9.17) is 9.52 Å². The number of hydrogen-bond donors (Lipinski definition) is 1. The summed E-state index contributed by atoms with van der Waals surface area (Å²) >= 11 is 0. The molecular formula is C16H19NO4. The van der Waals surface area contributed by atoms with Gasteiger partial charge in [0.25, 0.3) is 5.91 Å². The van der Waals surface area contributed by atoms with Crippen LogP contribution in [0.5, 0.6) is 0 Å². The maximum absolute atomic E-state index is 12.4. The summed E-state index contributed by atoms with van der Waals surface area (Å²) < 4.78 is 5.42. The lowest BCUT2D eigenvalue weighted by molar-refractivity contribution is -0.137. The lowest BCUT2D eigenvalue weighted by atomic mass is 10.1. The zero-order valence-corrected chi connectivity index (χ0v) is 12.3. The van der Waals surface area contributed by atoms with Crippen molar-refractivity contribution in [3.05, 3.63) is 35.6 Å². The summed E-state index contributed by atoms with van der Waals surface area (Å²) in [6.07, 6.45) is 2.86. The van der Waals surface area contributed by atoms with E-state index in [9.17, 15) is 9.59 Å². The number of carboxylic acid groups (broad SMARTS) is 1. The van der Waals surface area contributed by atoms with Gasteiger partial charge < -0.3 is 14.4 Å². The van der Waals surface area contributed by atoms with Crippen molar-refractivity contribution >= 4 is 22.8 Å². The Morgan fingerprint density at radius 1 is 1.33 bits per heavy atom. The molecule has 0 radical (unpaired) electrons. The fourth-order valence-electron chi connectivity index (χ4n) is 2.24. The van der Waals surface area contributed by atoms with Crippen LogP contribution in [-0.4, -0.2) is 35.5 Å². The number of furan rings is 1. The van der Waals surface area contributed by atoms with E-state index < -0.39 is 5.97 Å². The average Bonchev–Trinajstić information content (AvgIpc) is 2.88. The molecule has 21 heavy (non-hydrogen) atoms. The Labute approximate surface area is 123 Å². The van der Waals surface area contributed by atoms with Crippen LogP contribution in [0.3, 0.4) is 0 Å². The summed E-state index contributed by atoms with van der Waals surface area (Å²) in [7, 11) is 1.67. The summed E-state index contributed by atoms with van der Waals surface area (Å²) in [5, 5.41) is 9.44. The first-order valence-electron chi connectivity index (χ1n) is 7.00. The van der Waals surface area contributed by atoms with Crippen molar-refractivity contribution in [2.45, 2.75) is 26.2 Å². The molecule has 1 aromatic heterocycles. The number of benzene rings is 1. The first-order valence-corrected chi connectivity index (χ1v) is 7.00. The Hall–Kier alpha value is -2.30. The van der Waals surface area contributed by atoms with Crippen LogP contribution in [0.25, 0.3) is 11.0 Å². The first-order chi connectivity index (χ1) is 10.0. The molecule has 1 aromatic carbocycles. The zero-order valence-electron chi connectivity index (χ0n) is 12.3. The number of rotatable bonds is 6. The third kappa shape index (κ3) is 3.42. The molecule has 5 nitrogen and oxygen atoms in total. The maximum Gasteiger partial charge on any atom is 0.303 e. The first kappa shape index (κ1) is 15.1. The molecule has 112 valence electrons. The predicted molar refractivity (Wildman–Crippen MR) is 79.4 cm³/mol. The van der Waals surface area contributed by atoms with Crippen LogP contribution in [-0.2, 0) is 11.2 Å². The van der Waals surface area contributed by atoms with Crippen LogP contribution in [0, 0.1) is 0 Å². The Balaban J connectivity index is 2.16. The number of amides is 1. The quantitative estimate of drug-likeness (QED) is 0.887. The van der Waals surface area contributed by atoms with E-state index in [1.165, 1.54) is 11.2 Å². The Kier molecular flexibility index (Phi) is 4.62. The molecule has 2 aromatic rings. The summed E-state index contributed by atoms with van der Waals surface area (Å²) in [6, 6.07) is 5.82. The van der Waals surface area contributed by atoms with Gasteiger partial charge in [-0.3, -0.25) is 9.59 Å². The summed E-state index contributed by atoms with van der Waals surface area (Å²) in [5.41, 5.74) is 2.36. The molecule has 5 heteroatoms. The van der Waals surface area contributed by atoms with Gasteiger partial charge in [0.2, 0.25) is 0 Å². The van der Waals surface area contributed by atoms with Crippen molar-refractivity contribution in [2.24, 2.45) is 0 Å². The van der Waals surface area contributed by atoms with Crippen LogP contribution in [0.1, 0.15) is 35.7 Å². The highest BCUT2D eigenvalue weighted by Gasteiger charge is 2.17. The lowest BCUT2D eigenvalue weighted by Gasteiger charge is -2.15. The van der Waals surface area contributed by atoms with Crippen LogP contribution >= 0.6 is 0 Å². The van der Waals surface area contributed by atoms with Gasteiger partial charge in [-0.15, -0.1) is 0 Å². The third-order valence-electron chi connectivity index (χ3n) is 3.51. The molecule has 0 aliphatic rings. The van der Waals surface area contributed by atoms with Crippen LogP contribution in [0.2, 0.25) is 0 Å². The molecule has 0 spiro atoms. The molecule has 0 aliphatic heterocycles. The average molecular weight is 289 g/mol. The van der Waals surface area contributed by atoms with E-state index in [0.29, 0.717) is 24.1 Å². The molecule has 0 bridgehead atoms. The van der Waals surface area contributed by atoms with Crippen molar-refractivity contribution in [2.75, 3.05) is 13.6 Å². The molecule has 0 atom stereocenters. The summed E-state index contributed by atoms with van der Waals surface area (Å²) in [6.45, 7) is 2.46. The fraction of sp³-hybridized carbons (Fsp3) is 0.375. The second kappa shape index (κ2) is 6.43. The number of carboxylic acids is 1. The standard InChI is InChI=1S/C16H19NO4/c1-3-11-6-7-14-12(9-11)13(10-21-14)16(20)17(2)8-4-5-15(18)19/h6-7,9-10H,3-5,8H2,1-2H3,(H,18,19). The molecule has 2 rings (SSSR count). The van der Waals surface area contributed by atoms with Gasteiger partial charge in [-0.1, -0.05) is 13.0 Å². The van der Waals surface area contributed by atoms with Crippen molar-refractivity contribution in [1.82, 2.24) is 4.90 Å². The molecule has 1 N–H and O–H groups in total. The molecule has 1 heterocycles. The van der Waals surface area contributed by atoms with Gasteiger partial charge in [-0.2, -0.15) is 0 Å². The predicted octanol–water partition coefficient (Wildman–Crippen LogP) is 2.93. The monoisotopic (exact) mass is 289 g/mol. The van der Waals surface area contributed by atoms with Crippen LogP contribution < -0.4 is 0 Å². The minimum Gasteiger partial charge on any atom is -0.481 e. The Morgan fingerprint density at radius 3 is 2.76 bits per heavy atom. The summed E-state index contributed by atoms with van der Waals surface area (Å²) in [5.74, 6) is -0.996. The maximum atomic E-state index is 12.4. The van der Waals surface area contributed by atoms with Gasteiger partial charge in [0.1, 0.15) is 11.8 Å². The summed E-state index contributed by atoms with van der Waals surface area (Å²) in [4.78, 5) is 24.5. The number of nitrogens with zero attached hydrogens (tertiary/aromatic N) is 1. The molecule has 0 unspecified atom stereocenters. The van der Waals surface area contributed by atoms with Crippen molar-refractivity contribution in [1.29, 1.82) is 0 Å². The van der Waals surface area contributed by atoms with Gasteiger partial charge in [0.15, 0.2) is 0 Å². The number of fused-ring (bicyclic) bond motifs is 1. The number of aryl methyl sites for hydroxylation is 1. The second-order valence-corrected chi connectivity index (χ2v) is 5.06. The van der Waals surface area contributed by atoms with Gasteiger partial charge in [0, 0.05) is 25.4 Å². The van der Waals surface area contributed by atoms with Crippen LogP contribution in [0.4, 0.5) is 0 Å². The van der Waals surface area contributed by atoms with Gasteiger partial charge in [-0.25, -0.2) is 0 Å². The minimum absolute atomic E-state index is 0.0593. The van der Waals surface area contributed by atoms with Crippen molar-refractivity contribution in [3.8, 4) is 0 Å². The number of aliphatic carboxylic acids is 1. The lowest BCUT2D eigenvalue weighted by Crippen LogP contribution is -2.27. The van der Waals surface area contributed by atoms with Crippen molar-refractivity contribution in [3.63, 3.8) is 0 Å². The van der Waals surface area contributed by atoms with E-state index in [1.807, 2.05) is 18.2 Å². The normalized spacial score (nSPS) is 10.8. The zero-order chi connectivity index (χ0) is 15.4. The van der Waals surface area contributed by atoms with E-state index in [2.05, 4.69) is 6.92 Å². The van der Waals surface area contributed by atoms with Gasteiger partial charge in [-0.05, 0) is 30.5 Å². The molecular weight excluding hydrogens is 270 g/mol. The van der Waals surface area contributed by atoms with Gasteiger partial charge >= 0.3 is 5.97 Å². The molecule has 1 amide bonds. The minimum atomic E-state index is -0.850. The van der Waals surface area contributed by atoms with Gasteiger partial charge in [0.05, 0.1) is 5.56 Å². The van der Waals surface area contributed by atoms with Crippen molar-refractivity contribution < 1.29 is 19.1 Å². The largest absolute Gasteiger partial charge is 0.481 e. The van der Waals surface area contributed by atoms with E-state index in [1.54, 1.807) is 7.05 Å². The van der Waals surface area contributed by atoms with E-state index in [0.717, 1.165) is 17.4 Å². The molecule has 0 fully saturated rings. The number of carbonyl (C=O) groups is 2. The number of carbonyl (C=O) groups excluding carboxylic acids is 1. The highest BCUT2D eigenvalue weighted by atomic mass is 16.4. The molecule has 0 saturated heterocycles. The third-order valence-corrected chi connectivity index (χ3v) is 3.51. The molecule has 0 aliphatic carbocycles. The fourth-order valence-corrected chi connectivity index (χ4v) is 2.24. The second-order valence-electron chi connectivity index (χ2n) is 5.06. The highest BCUT2D eigenvalue weighted by molar-refractivity contribution is 6.05. The highest BCUT2D eigenvalue weighted by Crippen LogP contribution is 2.24. The Morgan fingerprint density at radius 2 is 2.10 bits per heavy atom. The Bertz CT molecular complexity index is 659. The topological polar surface area (TPSA) is 70.8 Å². The van der Waals surface area contributed by atoms with Crippen LogP contribution in [0.15, 0.2) is 28.9 Å². The van der Waals surface area contributed by atoms with E-state index in [-0.39, 0.29) is 12.3 Å².